The van der Waals surface area contributed by atoms with E-state index in [4.69, 9.17) is 9.47 Å². The summed E-state index contributed by atoms with van der Waals surface area (Å²) in [7, 11) is 7.25. The van der Waals surface area contributed by atoms with Crippen LogP contribution in [0.3, 0.4) is 0 Å². The first-order chi connectivity index (χ1) is 12.0. The molecule has 0 fully saturated rings. The molecule has 0 spiro atoms. The molecular formula is C20H26N2O3. The lowest BCUT2D eigenvalue weighted by molar-refractivity contribution is 0.0941. The molecule has 5 heteroatoms. The van der Waals surface area contributed by atoms with Gasteiger partial charge in [-0.2, -0.15) is 0 Å². The Morgan fingerprint density at radius 2 is 1.76 bits per heavy atom. The number of carbonyl (C=O) groups excluding carboxylic acids is 1. The van der Waals surface area contributed by atoms with Crippen LogP contribution in [0.4, 0.5) is 0 Å². The maximum Gasteiger partial charge on any atom is 0.251 e. The van der Waals surface area contributed by atoms with Gasteiger partial charge in [0.15, 0.2) is 0 Å². The van der Waals surface area contributed by atoms with Gasteiger partial charge in [0.05, 0.1) is 20.3 Å². The second-order valence-corrected chi connectivity index (χ2v) is 6.15. The molecule has 0 saturated heterocycles. The number of nitrogens with zero attached hydrogens (tertiary/aromatic N) is 1. The number of ether oxygens (including phenoxy) is 2. The summed E-state index contributed by atoms with van der Waals surface area (Å²) < 4.78 is 10.5. The third kappa shape index (κ3) is 4.73. The van der Waals surface area contributed by atoms with Crippen LogP contribution >= 0.6 is 0 Å². The Bertz CT molecular complexity index is 711. The molecule has 2 aromatic rings. The minimum Gasteiger partial charge on any atom is -0.497 e. The lowest BCUT2D eigenvalue weighted by atomic mass is 10.1. The molecule has 1 unspecified atom stereocenters. The van der Waals surface area contributed by atoms with Crippen molar-refractivity contribution in [2.45, 2.75) is 13.0 Å². The van der Waals surface area contributed by atoms with E-state index in [0.29, 0.717) is 17.9 Å². The minimum atomic E-state index is -0.112. The van der Waals surface area contributed by atoms with Crippen LogP contribution in [0.2, 0.25) is 0 Å². The Morgan fingerprint density at radius 1 is 1.08 bits per heavy atom. The van der Waals surface area contributed by atoms with Crippen molar-refractivity contribution < 1.29 is 14.3 Å². The molecule has 0 saturated carbocycles. The largest absolute Gasteiger partial charge is 0.497 e. The average molecular weight is 342 g/mol. The van der Waals surface area contributed by atoms with E-state index >= 15 is 0 Å². The number of methoxy groups -OCH3 is 2. The van der Waals surface area contributed by atoms with Crippen molar-refractivity contribution in [3.63, 3.8) is 0 Å². The Hall–Kier alpha value is -2.53. The van der Waals surface area contributed by atoms with E-state index < -0.39 is 0 Å². The van der Waals surface area contributed by atoms with Gasteiger partial charge in [0, 0.05) is 12.1 Å². The van der Waals surface area contributed by atoms with Crippen LogP contribution in [0.1, 0.15) is 27.5 Å². The third-order valence-corrected chi connectivity index (χ3v) is 4.25. The molecule has 1 N–H and O–H groups in total. The van der Waals surface area contributed by atoms with Gasteiger partial charge in [-0.25, -0.2) is 0 Å². The van der Waals surface area contributed by atoms with Gasteiger partial charge in [-0.15, -0.1) is 0 Å². The molecule has 2 rings (SSSR count). The summed E-state index contributed by atoms with van der Waals surface area (Å²) in [5.41, 5.74) is 2.71. The lowest BCUT2D eigenvalue weighted by Gasteiger charge is -2.25. The van der Waals surface area contributed by atoms with Gasteiger partial charge >= 0.3 is 0 Å². The highest BCUT2D eigenvalue weighted by Crippen LogP contribution is 2.22. The molecule has 0 aliphatic carbocycles. The number of nitrogens with one attached hydrogen (secondary N) is 1. The van der Waals surface area contributed by atoms with E-state index in [9.17, 15) is 4.79 Å². The summed E-state index contributed by atoms with van der Waals surface area (Å²) in [6.45, 7) is 2.46. The number of likely N-dealkylation sites (N-methyl/N-ethyl adjacent to an activating group) is 1. The summed E-state index contributed by atoms with van der Waals surface area (Å²) >= 11 is 0. The molecule has 0 aliphatic rings. The Morgan fingerprint density at radius 3 is 2.32 bits per heavy atom. The van der Waals surface area contributed by atoms with Gasteiger partial charge in [0.2, 0.25) is 0 Å². The van der Waals surface area contributed by atoms with Crippen LogP contribution in [0.15, 0.2) is 42.5 Å². The van der Waals surface area contributed by atoms with Gasteiger partial charge in [-0.3, -0.25) is 4.79 Å². The van der Waals surface area contributed by atoms with Gasteiger partial charge in [-0.05, 0) is 56.4 Å². The van der Waals surface area contributed by atoms with Crippen molar-refractivity contribution in [1.82, 2.24) is 10.2 Å². The first-order valence-corrected chi connectivity index (χ1v) is 8.19. The van der Waals surface area contributed by atoms with E-state index in [1.165, 1.54) is 0 Å². The van der Waals surface area contributed by atoms with Crippen LogP contribution < -0.4 is 14.8 Å². The van der Waals surface area contributed by atoms with Gasteiger partial charge in [0.25, 0.3) is 5.91 Å². The summed E-state index contributed by atoms with van der Waals surface area (Å²) in [6, 6.07) is 13.4. The molecule has 0 radical (unpaired) electrons. The molecule has 134 valence electrons. The average Bonchev–Trinajstić information content (AvgIpc) is 2.62. The van der Waals surface area contributed by atoms with Crippen molar-refractivity contribution in [3.05, 3.63) is 59.2 Å². The van der Waals surface area contributed by atoms with Crippen molar-refractivity contribution in [1.29, 1.82) is 0 Å². The zero-order valence-corrected chi connectivity index (χ0v) is 15.5. The number of hydrogen-bond donors (Lipinski definition) is 1. The number of benzene rings is 2. The van der Waals surface area contributed by atoms with Crippen LogP contribution in [-0.2, 0) is 0 Å². The SMILES string of the molecule is COc1ccc(C(CNC(=O)c2ccc(C)c(OC)c2)N(C)C)cc1. The first-order valence-electron chi connectivity index (χ1n) is 8.19. The van der Waals surface area contributed by atoms with Crippen LogP contribution in [0, 0.1) is 6.92 Å². The van der Waals surface area contributed by atoms with E-state index in [1.54, 1.807) is 20.3 Å². The van der Waals surface area contributed by atoms with Crippen molar-refractivity contribution in [3.8, 4) is 11.5 Å². The second-order valence-electron chi connectivity index (χ2n) is 6.15. The van der Waals surface area contributed by atoms with E-state index in [0.717, 1.165) is 16.9 Å². The normalized spacial score (nSPS) is 11.9. The molecule has 0 heterocycles. The zero-order valence-electron chi connectivity index (χ0n) is 15.5. The topological polar surface area (TPSA) is 50.8 Å². The number of hydrogen-bond acceptors (Lipinski definition) is 4. The molecule has 2 aromatic carbocycles. The molecule has 5 nitrogen and oxygen atoms in total. The Labute approximate surface area is 149 Å². The number of amides is 1. The molecule has 0 aromatic heterocycles. The summed E-state index contributed by atoms with van der Waals surface area (Å²) in [5.74, 6) is 1.42. The summed E-state index contributed by atoms with van der Waals surface area (Å²) in [5, 5.41) is 3.01. The fourth-order valence-electron chi connectivity index (χ4n) is 2.68. The van der Waals surface area contributed by atoms with Crippen LogP contribution in [0.5, 0.6) is 11.5 Å². The third-order valence-electron chi connectivity index (χ3n) is 4.25. The number of rotatable bonds is 7. The molecule has 1 amide bonds. The monoisotopic (exact) mass is 342 g/mol. The number of aryl methyl sites for hydroxylation is 1. The van der Waals surface area contributed by atoms with Gasteiger partial charge in [0.1, 0.15) is 11.5 Å². The zero-order chi connectivity index (χ0) is 18.4. The minimum absolute atomic E-state index is 0.0715. The van der Waals surface area contributed by atoms with Crippen molar-refractivity contribution in [2.75, 3.05) is 34.9 Å². The van der Waals surface area contributed by atoms with E-state index in [2.05, 4.69) is 10.2 Å². The summed E-state index contributed by atoms with van der Waals surface area (Å²) in [6.07, 6.45) is 0. The highest BCUT2D eigenvalue weighted by atomic mass is 16.5. The van der Waals surface area contributed by atoms with E-state index in [-0.39, 0.29) is 11.9 Å². The highest BCUT2D eigenvalue weighted by Gasteiger charge is 2.16. The summed E-state index contributed by atoms with van der Waals surface area (Å²) in [4.78, 5) is 14.6. The molecular weight excluding hydrogens is 316 g/mol. The fraction of sp³-hybridized carbons (Fsp3) is 0.350. The molecule has 0 aliphatic heterocycles. The maximum absolute atomic E-state index is 12.5. The van der Waals surface area contributed by atoms with Crippen molar-refractivity contribution in [2.24, 2.45) is 0 Å². The predicted octanol–water partition coefficient (Wildman–Crippen LogP) is 3.04. The van der Waals surface area contributed by atoms with Gasteiger partial charge in [-0.1, -0.05) is 18.2 Å². The van der Waals surface area contributed by atoms with Gasteiger partial charge < -0.3 is 19.7 Å². The molecule has 25 heavy (non-hydrogen) atoms. The van der Waals surface area contributed by atoms with Crippen LogP contribution in [0.25, 0.3) is 0 Å². The molecule has 1 atom stereocenters. The fourth-order valence-corrected chi connectivity index (χ4v) is 2.68. The molecule has 0 bridgehead atoms. The maximum atomic E-state index is 12.5. The Balaban J connectivity index is 2.08. The first kappa shape index (κ1) is 18.8. The smallest absolute Gasteiger partial charge is 0.251 e. The highest BCUT2D eigenvalue weighted by molar-refractivity contribution is 5.94. The lowest BCUT2D eigenvalue weighted by Crippen LogP contribution is -2.34. The standard InChI is InChI=1S/C20H26N2O3/c1-14-6-7-16(12-19(14)25-5)20(23)21-13-18(22(2)3)15-8-10-17(24-4)11-9-15/h6-12,18H,13H2,1-5H3,(H,21,23). The second kappa shape index (κ2) is 8.53. The Kier molecular flexibility index (Phi) is 6.42. The predicted molar refractivity (Wildman–Crippen MR) is 99.5 cm³/mol. The quantitative estimate of drug-likeness (QED) is 0.840. The number of carbonyl (C=O) groups is 1. The van der Waals surface area contributed by atoms with E-state index in [1.807, 2.05) is 57.4 Å². The van der Waals surface area contributed by atoms with Crippen molar-refractivity contribution >= 4 is 5.91 Å². The van der Waals surface area contributed by atoms with Crippen LogP contribution in [-0.4, -0.2) is 45.7 Å².